The van der Waals surface area contributed by atoms with E-state index >= 15 is 0 Å². The van der Waals surface area contributed by atoms with Crippen LogP contribution in [0.1, 0.15) is 13.3 Å². The molecular formula is C13H19NO4. The van der Waals surface area contributed by atoms with E-state index in [1.165, 1.54) is 0 Å². The molecule has 2 N–H and O–H groups in total. The average Bonchev–Trinajstić information content (AvgIpc) is 2.37. The lowest BCUT2D eigenvalue weighted by Crippen LogP contribution is -2.24. The Bertz CT molecular complexity index is 381. The molecule has 0 aliphatic rings. The highest BCUT2D eigenvalue weighted by atomic mass is 16.5. The number of esters is 1. The van der Waals surface area contributed by atoms with E-state index in [9.17, 15) is 9.90 Å². The van der Waals surface area contributed by atoms with Crippen LogP contribution in [-0.4, -0.2) is 37.4 Å². The summed E-state index contributed by atoms with van der Waals surface area (Å²) in [6.07, 6.45) is -0.801. The van der Waals surface area contributed by atoms with Gasteiger partial charge in [-0.1, -0.05) is 12.1 Å². The molecule has 5 nitrogen and oxygen atoms in total. The van der Waals surface area contributed by atoms with Crippen molar-refractivity contribution in [3.63, 3.8) is 0 Å². The predicted octanol–water partition coefficient (Wildman–Crippen LogP) is 1.42. The number of carbonyl (C=O) groups is 1. The number of hydrogen-bond acceptors (Lipinski definition) is 5. The maximum atomic E-state index is 11.2. The molecule has 5 heteroatoms. The number of para-hydroxylation sites is 2. The fourth-order valence-electron chi connectivity index (χ4n) is 1.50. The third-order valence-corrected chi connectivity index (χ3v) is 2.34. The molecule has 100 valence electrons. The molecule has 0 radical (unpaired) electrons. The molecule has 1 aromatic carbocycles. The zero-order chi connectivity index (χ0) is 13.4. The van der Waals surface area contributed by atoms with Crippen molar-refractivity contribution in [1.29, 1.82) is 0 Å². The van der Waals surface area contributed by atoms with E-state index in [0.29, 0.717) is 12.4 Å². The summed E-state index contributed by atoms with van der Waals surface area (Å²) in [5.41, 5.74) is 0.780. The number of methoxy groups -OCH3 is 1. The Labute approximate surface area is 107 Å². The van der Waals surface area contributed by atoms with Gasteiger partial charge in [-0.25, -0.2) is 0 Å². The number of rotatable bonds is 7. The highest BCUT2D eigenvalue weighted by molar-refractivity contribution is 5.70. The Balaban J connectivity index is 2.42. The molecule has 1 rings (SSSR count). The van der Waals surface area contributed by atoms with Crippen LogP contribution in [0.25, 0.3) is 0 Å². The van der Waals surface area contributed by atoms with E-state index in [1.807, 2.05) is 24.3 Å². The number of aliphatic hydroxyl groups is 1. The first-order valence-corrected chi connectivity index (χ1v) is 5.88. The van der Waals surface area contributed by atoms with E-state index in [4.69, 9.17) is 9.47 Å². The molecule has 0 amide bonds. The average molecular weight is 253 g/mol. The third kappa shape index (κ3) is 4.63. The lowest BCUT2D eigenvalue weighted by atomic mass is 10.2. The summed E-state index contributed by atoms with van der Waals surface area (Å²) >= 11 is 0. The summed E-state index contributed by atoms with van der Waals surface area (Å²) < 4.78 is 9.92. The summed E-state index contributed by atoms with van der Waals surface area (Å²) in [4.78, 5) is 11.2. The quantitative estimate of drug-likeness (QED) is 0.719. The van der Waals surface area contributed by atoms with E-state index in [0.717, 1.165) is 5.69 Å². The van der Waals surface area contributed by atoms with Gasteiger partial charge in [0, 0.05) is 6.54 Å². The van der Waals surface area contributed by atoms with Crippen LogP contribution in [0, 0.1) is 0 Å². The number of ether oxygens (including phenoxy) is 2. The summed E-state index contributed by atoms with van der Waals surface area (Å²) in [5.74, 6) is 0.299. The summed E-state index contributed by atoms with van der Waals surface area (Å²) in [6.45, 7) is 2.32. The molecule has 0 fully saturated rings. The number of aliphatic hydroxyl groups excluding tert-OH is 1. The maximum absolute atomic E-state index is 11.2. The zero-order valence-electron chi connectivity index (χ0n) is 10.7. The number of nitrogens with one attached hydrogen (secondary N) is 1. The number of hydrogen-bond donors (Lipinski definition) is 2. The highest BCUT2D eigenvalue weighted by Crippen LogP contribution is 2.22. The normalized spacial score (nSPS) is 11.7. The van der Waals surface area contributed by atoms with Crippen LogP contribution in [0.3, 0.4) is 0 Å². The first-order chi connectivity index (χ1) is 8.67. The Morgan fingerprint density at radius 2 is 2.17 bits per heavy atom. The van der Waals surface area contributed by atoms with Gasteiger partial charge in [0.05, 0.1) is 31.9 Å². The van der Waals surface area contributed by atoms with Gasteiger partial charge in [0.2, 0.25) is 0 Å². The van der Waals surface area contributed by atoms with Gasteiger partial charge in [0.25, 0.3) is 0 Å². The molecule has 0 bridgehead atoms. The fourth-order valence-corrected chi connectivity index (χ4v) is 1.50. The van der Waals surface area contributed by atoms with E-state index < -0.39 is 12.1 Å². The van der Waals surface area contributed by atoms with Crippen molar-refractivity contribution in [3.05, 3.63) is 24.3 Å². The second-order valence-corrected chi connectivity index (χ2v) is 3.74. The summed E-state index contributed by atoms with van der Waals surface area (Å²) in [5, 5.41) is 12.7. The molecular weight excluding hydrogens is 234 g/mol. The van der Waals surface area contributed by atoms with Gasteiger partial charge >= 0.3 is 5.97 Å². The smallest absolute Gasteiger partial charge is 0.308 e. The van der Waals surface area contributed by atoms with Crippen molar-refractivity contribution in [2.24, 2.45) is 0 Å². The topological polar surface area (TPSA) is 67.8 Å². The number of benzene rings is 1. The van der Waals surface area contributed by atoms with Gasteiger partial charge in [-0.05, 0) is 19.1 Å². The van der Waals surface area contributed by atoms with E-state index in [2.05, 4.69) is 5.32 Å². The van der Waals surface area contributed by atoms with Crippen LogP contribution in [0.15, 0.2) is 24.3 Å². The zero-order valence-corrected chi connectivity index (χ0v) is 10.7. The van der Waals surface area contributed by atoms with E-state index in [1.54, 1.807) is 14.0 Å². The second-order valence-electron chi connectivity index (χ2n) is 3.74. The Morgan fingerprint density at radius 3 is 2.83 bits per heavy atom. The molecule has 18 heavy (non-hydrogen) atoms. The van der Waals surface area contributed by atoms with Crippen molar-refractivity contribution in [2.75, 3.05) is 25.6 Å². The highest BCUT2D eigenvalue weighted by Gasteiger charge is 2.12. The van der Waals surface area contributed by atoms with Crippen LogP contribution in [0.5, 0.6) is 5.75 Å². The molecule has 1 atom stereocenters. The first-order valence-electron chi connectivity index (χ1n) is 5.88. The fraction of sp³-hybridized carbons (Fsp3) is 0.462. The van der Waals surface area contributed by atoms with Gasteiger partial charge in [-0.2, -0.15) is 0 Å². The monoisotopic (exact) mass is 253 g/mol. The molecule has 0 saturated carbocycles. The van der Waals surface area contributed by atoms with E-state index in [-0.39, 0.29) is 13.0 Å². The molecule has 0 heterocycles. The van der Waals surface area contributed by atoms with Crippen molar-refractivity contribution < 1.29 is 19.4 Å². The van der Waals surface area contributed by atoms with Crippen LogP contribution < -0.4 is 10.1 Å². The minimum atomic E-state index is -0.783. The molecule has 1 unspecified atom stereocenters. The minimum Gasteiger partial charge on any atom is -0.495 e. The Morgan fingerprint density at radius 1 is 1.44 bits per heavy atom. The molecule has 1 aromatic rings. The minimum absolute atomic E-state index is 0.0179. The van der Waals surface area contributed by atoms with Crippen molar-refractivity contribution >= 4 is 11.7 Å². The predicted molar refractivity (Wildman–Crippen MR) is 68.7 cm³/mol. The summed E-state index contributed by atoms with van der Waals surface area (Å²) in [7, 11) is 1.58. The molecule has 0 spiro atoms. The van der Waals surface area contributed by atoms with Crippen LogP contribution in [-0.2, 0) is 9.53 Å². The van der Waals surface area contributed by atoms with Crippen LogP contribution in [0.4, 0.5) is 5.69 Å². The van der Waals surface area contributed by atoms with Gasteiger partial charge in [-0.3, -0.25) is 4.79 Å². The van der Waals surface area contributed by atoms with Crippen LogP contribution >= 0.6 is 0 Å². The molecule has 0 saturated heterocycles. The van der Waals surface area contributed by atoms with Crippen LogP contribution in [0.2, 0.25) is 0 Å². The van der Waals surface area contributed by atoms with Crippen molar-refractivity contribution in [2.45, 2.75) is 19.4 Å². The van der Waals surface area contributed by atoms with Gasteiger partial charge in [-0.15, -0.1) is 0 Å². The third-order valence-electron chi connectivity index (χ3n) is 2.34. The van der Waals surface area contributed by atoms with Crippen molar-refractivity contribution in [1.82, 2.24) is 0 Å². The standard InChI is InChI=1S/C13H19NO4/c1-3-18-13(16)8-10(15)9-14-11-6-4-5-7-12(11)17-2/h4-7,10,14-15H,3,8-9H2,1-2H3. The molecule has 0 aliphatic carbocycles. The molecule has 0 aliphatic heterocycles. The Hall–Kier alpha value is -1.75. The first kappa shape index (κ1) is 14.3. The van der Waals surface area contributed by atoms with Crippen molar-refractivity contribution in [3.8, 4) is 5.75 Å². The van der Waals surface area contributed by atoms with Gasteiger partial charge in [0.15, 0.2) is 0 Å². The summed E-state index contributed by atoms with van der Waals surface area (Å²) in [6, 6.07) is 7.39. The number of anilines is 1. The lowest BCUT2D eigenvalue weighted by molar-refractivity contribution is -0.145. The maximum Gasteiger partial charge on any atom is 0.308 e. The lowest BCUT2D eigenvalue weighted by Gasteiger charge is -2.14. The molecule has 0 aromatic heterocycles. The number of carbonyl (C=O) groups excluding carboxylic acids is 1. The van der Waals surface area contributed by atoms with Gasteiger partial charge in [0.1, 0.15) is 5.75 Å². The Kier molecular flexibility index (Phi) is 6.00. The van der Waals surface area contributed by atoms with Gasteiger partial charge < -0.3 is 19.9 Å². The SMILES string of the molecule is CCOC(=O)CC(O)CNc1ccccc1OC. The largest absolute Gasteiger partial charge is 0.495 e. The second kappa shape index (κ2) is 7.55.